The van der Waals surface area contributed by atoms with Crippen LogP contribution in [0.4, 0.5) is 0 Å². The van der Waals surface area contributed by atoms with Gasteiger partial charge in [0.15, 0.2) is 0 Å². The molecular weight excluding hydrogens is 176 g/mol. The van der Waals surface area contributed by atoms with Crippen molar-refractivity contribution in [1.82, 2.24) is 9.80 Å². The van der Waals surface area contributed by atoms with E-state index in [-0.39, 0.29) is 0 Å². The van der Waals surface area contributed by atoms with Crippen LogP contribution < -0.4 is 0 Å². The van der Waals surface area contributed by atoms with E-state index in [1.54, 1.807) is 0 Å². The molecule has 0 spiro atoms. The zero-order valence-corrected chi connectivity index (χ0v) is 7.63. The fourth-order valence-corrected chi connectivity index (χ4v) is 1.61. The van der Waals surface area contributed by atoms with Gasteiger partial charge in [0, 0.05) is 18.6 Å². The van der Waals surface area contributed by atoms with Crippen LogP contribution in [-0.4, -0.2) is 16.4 Å². The molecule has 0 aliphatic carbocycles. The number of allylic oxidation sites excluding steroid dienone is 3. The molecule has 0 N–H and O–H groups in total. The minimum Gasteiger partial charge on any atom is -0.473 e. The predicted molar refractivity (Wildman–Crippen MR) is 53.2 cm³/mol. The summed E-state index contributed by atoms with van der Waals surface area (Å²) in [5.41, 5.74) is 1.14. The Morgan fingerprint density at radius 3 is 3.07 bits per heavy atom. The second kappa shape index (κ2) is 2.80. The largest absolute Gasteiger partial charge is 0.473 e. The summed E-state index contributed by atoms with van der Waals surface area (Å²) in [4.78, 5) is 4.03. The predicted octanol–water partition coefficient (Wildman–Crippen LogP) is 1.87. The maximum Gasteiger partial charge on any atom is 0.215 e. The van der Waals surface area contributed by atoms with E-state index >= 15 is 0 Å². The number of hydrogen-bond acceptors (Lipinski definition) is 3. The lowest BCUT2D eigenvalue weighted by Crippen LogP contribution is -2.26. The molecule has 3 aliphatic rings. The highest BCUT2D eigenvalue weighted by molar-refractivity contribution is 5.34. The Morgan fingerprint density at radius 2 is 2.07 bits per heavy atom. The van der Waals surface area contributed by atoms with E-state index in [2.05, 4.69) is 6.08 Å². The molecule has 3 aliphatic heterocycles. The highest BCUT2D eigenvalue weighted by atomic mass is 16.5. The van der Waals surface area contributed by atoms with Crippen LogP contribution in [-0.2, 0) is 4.74 Å². The van der Waals surface area contributed by atoms with E-state index in [4.69, 9.17) is 4.74 Å². The molecule has 0 aromatic heterocycles. The summed E-state index contributed by atoms with van der Waals surface area (Å²) in [7, 11) is 0. The molecule has 0 radical (unpaired) electrons. The number of ether oxygens (including phenoxy) is 1. The minimum absolute atomic E-state index is 0.652. The van der Waals surface area contributed by atoms with Crippen molar-refractivity contribution in [2.45, 2.75) is 0 Å². The number of rotatable bonds is 0. The number of hydrogen-bond donors (Lipinski definition) is 0. The highest BCUT2D eigenvalue weighted by Gasteiger charge is 2.19. The van der Waals surface area contributed by atoms with E-state index < -0.39 is 0 Å². The Morgan fingerprint density at radius 1 is 1.07 bits per heavy atom. The van der Waals surface area contributed by atoms with E-state index in [0.29, 0.717) is 6.61 Å². The van der Waals surface area contributed by atoms with Gasteiger partial charge in [0.25, 0.3) is 0 Å². The average molecular weight is 186 g/mol. The van der Waals surface area contributed by atoms with Gasteiger partial charge < -0.3 is 9.64 Å². The lowest BCUT2D eigenvalue weighted by molar-refractivity contribution is 0.157. The third-order valence-electron chi connectivity index (χ3n) is 2.29. The van der Waals surface area contributed by atoms with Crippen molar-refractivity contribution in [3.8, 4) is 0 Å². The van der Waals surface area contributed by atoms with Crippen molar-refractivity contribution >= 4 is 0 Å². The molecule has 0 unspecified atom stereocenters. The Kier molecular flexibility index (Phi) is 1.50. The van der Waals surface area contributed by atoms with Gasteiger partial charge in [-0.3, -0.25) is 4.90 Å². The number of fused-ring (bicyclic) bond motifs is 2. The molecule has 0 saturated heterocycles. The van der Waals surface area contributed by atoms with Crippen molar-refractivity contribution in [2.24, 2.45) is 0 Å². The number of nitrogens with zero attached hydrogens (tertiary/aromatic N) is 2. The summed E-state index contributed by atoms with van der Waals surface area (Å²) in [5.74, 6) is 0.871. The third kappa shape index (κ3) is 1.06. The topological polar surface area (TPSA) is 15.7 Å². The second-order valence-electron chi connectivity index (χ2n) is 3.23. The summed E-state index contributed by atoms with van der Waals surface area (Å²) in [5, 5.41) is 0. The molecule has 0 bridgehead atoms. The van der Waals surface area contributed by atoms with Crippen LogP contribution in [0.15, 0.2) is 60.7 Å². The molecule has 3 heterocycles. The maximum atomic E-state index is 5.49. The molecule has 0 aromatic rings. The molecule has 0 fully saturated rings. The quantitative estimate of drug-likeness (QED) is 0.574. The van der Waals surface area contributed by atoms with Crippen molar-refractivity contribution in [3.05, 3.63) is 60.7 Å². The van der Waals surface area contributed by atoms with Gasteiger partial charge in [0.1, 0.15) is 6.61 Å². The summed E-state index contributed by atoms with van der Waals surface area (Å²) in [6.45, 7) is 0.652. The summed E-state index contributed by atoms with van der Waals surface area (Å²) < 4.78 is 5.49. The molecule has 0 saturated carbocycles. The Balaban J connectivity index is 2.01. The van der Waals surface area contributed by atoms with Gasteiger partial charge in [0.05, 0.1) is 11.9 Å². The van der Waals surface area contributed by atoms with E-state index in [1.165, 1.54) is 0 Å². The maximum absolute atomic E-state index is 5.49. The zero-order chi connectivity index (χ0) is 9.38. The SMILES string of the molecule is C1=CC2=CN3C=CCOC3=CN2C=C1. The Labute approximate surface area is 82.6 Å². The first kappa shape index (κ1) is 7.50. The van der Waals surface area contributed by atoms with Crippen molar-refractivity contribution in [3.63, 3.8) is 0 Å². The standard InChI is InChI=1S/C11H10N2O/c1-2-5-12-9-11-13(6-3-7-14-11)8-10(12)4-1/h1-6,8-9H,7H2. The van der Waals surface area contributed by atoms with Crippen molar-refractivity contribution in [1.29, 1.82) is 0 Å². The Bertz CT molecular complexity index is 402. The molecule has 3 rings (SSSR count). The van der Waals surface area contributed by atoms with Crippen LogP contribution in [0.1, 0.15) is 0 Å². The van der Waals surface area contributed by atoms with E-state index in [0.717, 1.165) is 11.6 Å². The van der Waals surface area contributed by atoms with E-state index in [1.807, 2.05) is 52.8 Å². The van der Waals surface area contributed by atoms with Crippen molar-refractivity contribution in [2.75, 3.05) is 6.61 Å². The fourth-order valence-electron chi connectivity index (χ4n) is 1.61. The van der Waals surface area contributed by atoms with Gasteiger partial charge >= 0.3 is 0 Å². The van der Waals surface area contributed by atoms with Crippen LogP contribution in [0.5, 0.6) is 0 Å². The third-order valence-corrected chi connectivity index (χ3v) is 2.29. The molecule has 70 valence electrons. The van der Waals surface area contributed by atoms with Gasteiger partial charge in [-0.2, -0.15) is 0 Å². The van der Waals surface area contributed by atoms with Crippen LogP contribution in [0.25, 0.3) is 0 Å². The van der Waals surface area contributed by atoms with Gasteiger partial charge in [-0.05, 0) is 18.2 Å². The van der Waals surface area contributed by atoms with Crippen molar-refractivity contribution < 1.29 is 4.74 Å². The minimum atomic E-state index is 0.652. The molecule has 0 aromatic carbocycles. The highest BCUT2D eigenvalue weighted by Crippen LogP contribution is 2.25. The normalized spacial score (nSPS) is 22.3. The second-order valence-corrected chi connectivity index (χ2v) is 3.23. The molecule has 0 atom stereocenters. The first-order valence-electron chi connectivity index (χ1n) is 4.58. The molecule has 0 amide bonds. The summed E-state index contributed by atoms with van der Waals surface area (Å²) in [6, 6.07) is 0. The van der Waals surface area contributed by atoms with Crippen LogP contribution in [0.2, 0.25) is 0 Å². The molecule has 3 nitrogen and oxygen atoms in total. The monoisotopic (exact) mass is 186 g/mol. The molecular formula is C11H10N2O. The zero-order valence-electron chi connectivity index (χ0n) is 7.63. The first-order valence-corrected chi connectivity index (χ1v) is 4.58. The fraction of sp³-hybridized carbons (Fsp3) is 0.0909. The van der Waals surface area contributed by atoms with Crippen LogP contribution in [0.3, 0.4) is 0 Å². The summed E-state index contributed by atoms with van der Waals surface area (Å²) in [6.07, 6.45) is 16.1. The average Bonchev–Trinajstić information content (AvgIpc) is 2.26. The molecule has 3 heteroatoms. The van der Waals surface area contributed by atoms with Gasteiger partial charge in [-0.15, -0.1) is 0 Å². The smallest absolute Gasteiger partial charge is 0.215 e. The van der Waals surface area contributed by atoms with Gasteiger partial charge in [0.2, 0.25) is 5.88 Å². The van der Waals surface area contributed by atoms with Crippen LogP contribution >= 0.6 is 0 Å². The summed E-state index contributed by atoms with van der Waals surface area (Å²) >= 11 is 0. The van der Waals surface area contributed by atoms with Crippen LogP contribution in [0, 0.1) is 0 Å². The molecule has 14 heavy (non-hydrogen) atoms. The van der Waals surface area contributed by atoms with Gasteiger partial charge in [-0.25, -0.2) is 0 Å². The first-order chi connectivity index (χ1) is 6.93. The lowest BCUT2D eigenvalue weighted by Gasteiger charge is -2.32. The van der Waals surface area contributed by atoms with Gasteiger partial charge in [-0.1, -0.05) is 6.08 Å². The van der Waals surface area contributed by atoms with E-state index in [9.17, 15) is 0 Å². The lowest BCUT2D eigenvalue weighted by atomic mass is 10.2. The Hall–Kier alpha value is -1.90.